The number of aromatic nitrogens is 2. The number of hydrogen-bond donors (Lipinski definition) is 1. The fraction of sp³-hybridized carbons (Fsp3) is 0.800. The fourth-order valence-corrected chi connectivity index (χ4v) is 1.89. The van der Waals surface area contributed by atoms with Crippen LogP contribution in [0.15, 0.2) is 4.52 Å². The van der Waals surface area contributed by atoms with Gasteiger partial charge >= 0.3 is 0 Å². The Morgan fingerprint density at radius 3 is 3.00 bits per heavy atom. The van der Waals surface area contributed by atoms with Crippen molar-refractivity contribution >= 4 is 0 Å². The first-order chi connectivity index (χ1) is 7.34. The number of hydrogen-bond acceptors (Lipinski definition) is 5. The summed E-state index contributed by atoms with van der Waals surface area (Å²) in [6, 6.07) is 0.0544. The van der Waals surface area contributed by atoms with Crippen molar-refractivity contribution in [1.29, 1.82) is 0 Å². The van der Waals surface area contributed by atoms with Crippen molar-refractivity contribution in [2.75, 3.05) is 13.2 Å². The summed E-state index contributed by atoms with van der Waals surface area (Å²) in [4.78, 5) is 4.43. The molecule has 2 atom stereocenters. The zero-order valence-electron chi connectivity index (χ0n) is 8.77. The molecular weight excluding hydrogens is 194 g/mol. The quantitative estimate of drug-likeness (QED) is 0.787. The summed E-state index contributed by atoms with van der Waals surface area (Å²) in [5, 5.41) is 7.34. The second kappa shape index (κ2) is 3.57. The van der Waals surface area contributed by atoms with Gasteiger partial charge in [0.1, 0.15) is 6.04 Å². The van der Waals surface area contributed by atoms with Crippen LogP contribution in [0.4, 0.5) is 0 Å². The molecule has 2 heterocycles. The lowest BCUT2D eigenvalue weighted by Gasteiger charge is -2.27. The number of nitrogens with one attached hydrogen (secondary N) is 1. The standard InChI is InChI=1S/C10H15N3O2/c1-6-8(11-4-5-14-6)10-12-9(13-15-10)7-2-3-7/h6-8,11H,2-5H2,1H3/t6-,8-/m0/s1. The first kappa shape index (κ1) is 9.30. The van der Waals surface area contributed by atoms with E-state index in [0.717, 1.165) is 19.0 Å². The molecule has 5 nitrogen and oxygen atoms in total. The van der Waals surface area contributed by atoms with E-state index in [1.165, 1.54) is 12.8 Å². The minimum atomic E-state index is 0.0544. The van der Waals surface area contributed by atoms with E-state index < -0.39 is 0 Å². The largest absolute Gasteiger partial charge is 0.375 e. The molecule has 2 aliphatic rings. The van der Waals surface area contributed by atoms with Crippen LogP contribution in [0, 0.1) is 0 Å². The van der Waals surface area contributed by atoms with E-state index in [1.54, 1.807) is 0 Å². The van der Waals surface area contributed by atoms with Crippen molar-refractivity contribution in [3.63, 3.8) is 0 Å². The van der Waals surface area contributed by atoms with Crippen molar-refractivity contribution in [2.45, 2.75) is 37.8 Å². The van der Waals surface area contributed by atoms with Crippen molar-refractivity contribution in [2.24, 2.45) is 0 Å². The predicted molar refractivity (Wildman–Crippen MR) is 52.4 cm³/mol. The molecule has 0 amide bonds. The van der Waals surface area contributed by atoms with E-state index in [9.17, 15) is 0 Å². The molecule has 82 valence electrons. The van der Waals surface area contributed by atoms with Crippen LogP contribution in [-0.4, -0.2) is 29.4 Å². The molecule has 0 aromatic carbocycles. The Bertz CT molecular complexity index is 348. The maximum absolute atomic E-state index is 5.54. The number of ether oxygens (including phenoxy) is 1. The van der Waals surface area contributed by atoms with Gasteiger partial charge < -0.3 is 14.6 Å². The monoisotopic (exact) mass is 209 g/mol. The van der Waals surface area contributed by atoms with E-state index in [2.05, 4.69) is 15.5 Å². The summed E-state index contributed by atoms with van der Waals surface area (Å²) >= 11 is 0. The lowest BCUT2D eigenvalue weighted by molar-refractivity contribution is -0.00136. The van der Waals surface area contributed by atoms with E-state index >= 15 is 0 Å². The Hall–Kier alpha value is -0.940. The molecule has 1 saturated carbocycles. The van der Waals surface area contributed by atoms with Crippen LogP contribution >= 0.6 is 0 Å². The lowest BCUT2D eigenvalue weighted by atomic mass is 10.1. The average molecular weight is 209 g/mol. The van der Waals surface area contributed by atoms with Gasteiger partial charge in [-0.2, -0.15) is 4.98 Å². The van der Waals surface area contributed by atoms with Crippen LogP contribution < -0.4 is 5.32 Å². The third-order valence-electron chi connectivity index (χ3n) is 2.98. The highest BCUT2D eigenvalue weighted by Crippen LogP contribution is 2.38. The van der Waals surface area contributed by atoms with Crippen LogP contribution in [0.1, 0.15) is 43.4 Å². The molecule has 1 aliphatic heterocycles. The number of rotatable bonds is 2. The number of nitrogens with zero attached hydrogens (tertiary/aromatic N) is 2. The highest BCUT2D eigenvalue weighted by atomic mass is 16.5. The molecule has 15 heavy (non-hydrogen) atoms. The van der Waals surface area contributed by atoms with Crippen LogP contribution in [0.25, 0.3) is 0 Å². The Kier molecular flexibility index (Phi) is 2.21. The maximum Gasteiger partial charge on any atom is 0.246 e. The van der Waals surface area contributed by atoms with Gasteiger partial charge in [0.15, 0.2) is 5.82 Å². The lowest BCUT2D eigenvalue weighted by Crippen LogP contribution is -2.40. The van der Waals surface area contributed by atoms with Crippen molar-refractivity contribution in [3.8, 4) is 0 Å². The Labute approximate surface area is 88.2 Å². The Morgan fingerprint density at radius 1 is 1.40 bits per heavy atom. The predicted octanol–water partition coefficient (Wildman–Crippen LogP) is 0.996. The average Bonchev–Trinajstić information content (AvgIpc) is 2.99. The molecule has 0 bridgehead atoms. The molecule has 1 saturated heterocycles. The maximum atomic E-state index is 5.54. The zero-order valence-corrected chi connectivity index (χ0v) is 8.77. The molecule has 0 spiro atoms. The van der Waals surface area contributed by atoms with Gasteiger partial charge in [-0.1, -0.05) is 5.16 Å². The van der Waals surface area contributed by atoms with Crippen LogP contribution in [0.2, 0.25) is 0 Å². The summed E-state index contributed by atoms with van der Waals surface area (Å²) in [6.45, 7) is 3.62. The minimum Gasteiger partial charge on any atom is -0.375 e. The Morgan fingerprint density at radius 2 is 2.27 bits per heavy atom. The zero-order chi connectivity index (χ0) is 10.3. The molecule has 0 unspecified atom stereocenters. The van der Waals surface area contributed by atoms with E-state index in [4.69, 9.17) is 9.26 Å². The van der Waals surface area contributed by atoms with Gasteiger partial charge in [0, 0.05) is 12.5 Å². The molecule has 1 N–H and O–H groups in total. The first-order valence-corrected chi connectivity index (χ1v) is 5.53. The van der Waals surface area contributed by atoms with E-state index in [0.29, 0.717) is 11.8 Å². The van der Waals surface area contributed by atoms with Gasteiger partial charge in [0.2, 0.25) is 5.89 Å². The van der Waals surface area contributed by atoms with E-state index in [-0.39, 0.29) is 12.1 Å². The van der Waals surface area contributed by atoms with Crippen LogP contribution in [0.5, 0.6) is 0 Å². The van der Waals surface area contributed by atoms with E-state index in [1.807, 2.05) is 6.92 Å². The highest BCUT2D eigenvalue weighted by Gasteiger charge is 2.32. The molecule has 0 radical (unpaired) electrons. The van der Waals surface area contributed by atoms with Gasteiger partial charge in [-0.3, -0.25) is 0 Å². The van der Waals surface area contributed by atoms with Gasteiger partial charge in [-0.05, 0) is 19.8 Å². The second-order valence-corrected chi connectivity index (χ2v) is 4.27. The summed E-state index contributed by atoms with van der Waals surface area (Å²) in [6.07, 6.45) is 2.50. The normalized spacial score (nSPS) is 31.8. The van der Waals surface area contributed by atoms with Crippen molar-refractivity contribution in [1.82, 2.24) is 15.5 Å². The molecule has 1 aromatic heterocycles. The summed E-state index contributed by atoms with van der Waals surface area (Å²) in [5.41, 5.74) is 0. The topological polar surface area (TPSA) is 60.2 Å². The summed E-state index contributed by atoms with van der Waals surface area (Å²) in [5.74, 6) is 2.08. The van der Waals surface area contributed by atoms with Gasteiger partial charge in [-0.15, -0.1) is 0 Å². The first-order valence-electron chi connectivity index (χ1n) is 5.53. The van der Waals surface area contributed by atoms with Gasteiger partial charge in [0.25, 0.3) is 0 Å². The molecular formula is C10H15N3O2. The molecule has 5 heteroatoms. The summed E-state index contributed by atoms with van der Waals surface area (Å²) in [7, 11) is 0. The fourth-order valence-electron chi connectivity index (χ4n) is 1.89. The minimum absolute atomic E-state index is 0.0544. The van der Waals surface area contributed by atoms with Crippen LogP contribution in [0.3, 0.4) is 0 Å². The third-order valence-corrected chi connectivity index (χ3v) is 2.98. The number of morpholine rings is 1. The molecule has 1 aliphatic carbocycles. The van der Waals surface area contributed by atoms with Gasteiger partial charge in [0.05, 0.1) is 12.7 Å². The van der Waals surface area contributed by atoms with Crippen molar-refractivity contribution < 1.29 is 9.26 Å². The summed E-state index contributed by atoms with van der Waals surface area (Å²) < 4.78 is 10.8. The smallest absolute Gasteiger partial charge is 0.246 e. The third kappa shape index (κ3) is 1.77. The SMILES string of the molecule is C[C@@H]1OCCN[C@@H]1c1nc(C2CC2)no1. The Balaban J connectivity index is 1.78. The highest BCUT2D eigenvalue weighted by molar-refractivity contribution is 5.06. The molecule has 2 fully saturated rings. The second-order valence-electron chi connectivity index (χ2n) is 4.27. The molecule has 3 rings (SSSR count). The van der Waals surface area contributed by atoms with Crippen LogP contribution in [-0.2, 0) is 4.74 Å². The molecule has 1 aromatic rings. The van der Waals surface area contributed by atoms with Gasteiger partial charge in [-0.25, -0.2) is 0 Å². The van der Waals surface area contributed by atoms with Crippen molar-refractivity contribution in [3.05, 3.63) is 11.7 Å².